The molecule has 0 fully saturated rings. The highest BCUT2D eigenvalue weighted by molar-refractivity contribution is 6.30. The first-order valence-electron chi connectivity index (χ1n) is 3.44. The molecule has 0 aromatic carbocycles. The Labute approximate surface area is 74.8 Å². The molecule has 0 heterocycles. The van der Waals surface area contributed by atoms with Gasteiger partial charge in [-0.2, -0.15) is 0 Å². The van der Waals surface area contributed by atoms with E-state index in [1.165, 1.54) is 6.92 Å². The highest BCUT2D eigenvalue weighted by atomic mass is 35.5. The van der Waals surface area contributed by atoms with Crippen molar-refractivity contribution in [3.05, 3.63) is 10.1 Å². The fourth-order valence-corrected chi connectivity index (χ4v) is 0.681. The molecule has 0 aliphatic rings. The van der Waals surface area contributed by atoms with Crippen molar-refractivity contribution >= 4 is 17.6 Å². The van der Waals surface area contributed by atoms with Gasteiger partial charge in [-0.3, -0.25) is 14.9 Å². The molecule has 0 saturated heterocycles. The van der Waals surface area contributed by atoms with Crippen LogP contribution in [0.25, 0.3) is 0 Å². The second kappa shape index (κ2) is 4.92. The molecule has 5 nitrogen and oxygen atoms in total. The molecule has 0 radical (unpaired) electrons. The second-order valence-electron chi connectivity index (χ2n) is 2.18. The summed E-state index contributed by atoms with van der Waals surface area (Å²) in [6, 6.07) is -1.12. The first-order valence-corrected chi connectivity index (χ1v) is 3.88. The van der Waals surface area contributed by atoms with Crippen molar-refractivity contribution in [2.75, 3.05) is 6.61 Å². The normalized spacial score (nSPS) is 14.9. The maximum Gasteiger partial charge on any atom is 0.331 e. The van der Waals surface area contributed by atoms with E-state index >= 15 is 0 Å². The Bertz CT molecular complexity index is 184. The van der Waals surface area contributed by atoms with Gasteiger partial charge in [-0.25, -0.2) is 0 Å². The number of esters is 1. The van der Waals surface area contributed by atoms with Crippen LogP contribution in [0.3, 0.4) is 0 Å². The van der Waals surface area contributed by atoms with Gasteiger partial charge >= 0.3 is 5.97 Å². The molecule has 70 valence electrons. The summed E-state index contributed by atoms with van der Waals surface area (Å²) in [6.45, 7) is 3.04. The van der Waals surface area contributed by atoms with Crippen molar-refractivity contribution in [2.45, 2.75) is 25.3 Å². The van der Waals surface area contributed by atoms with Crippen LogP contribution in [-0.4, -0.2) is 28.9 Å². The minimum atomic E-state index is -1.21. The lowest BCUT2D eigenvalue weighted by molar-refractivity contribution is -0.516. The third-order valence-corrected chi connectivity index (χ3v) is 1.81. The van der Waals surface area contributed by atoms with Crippen LogP contribution in [-0.2, 0) is 9.53 Å². The molecule has 0 amide bonds. The molecule has 0 bridgehead atoms. The number of ether oxygens (including phenoxy) is 1. The minimum Gasteiger partial charge on any atom is -0.465 e. The van der Waals surface area contributed by atoms with E-state index in [0.717, 1.165) is 0 Å². The molecule has 6 heteroatoms. The van der Waals surface area contributed by atoms with Crippen LogP contribution in [0.4, 0.5) is 0 Å². The summed E-state index contributed by atoms with van der Waals surface area (Å²) >= 11 is 5.44. The molecule has 0 saturated carbocycles. The van der Waals surface area contributed by atoms with Crippen LogP contribution in [0.5, 0.6) is 0 Å². The lowest BCUT2D eigenvalue weighted by Crippen LogP contribution is -2.34. The van der Waals surface area contributed by atoms with E-state index in [-0.39, 0.29) is 6.61 Å². The molecule has 0 aromatic heterocycles. The van der Waals surface area contributed by atoms with Gasteiger partial charge in [0.05, 0.1) is 6.61 Å². The zero-order chi connectivity index (χ0) is 9.72. The number of nitrogens with zero attached hydrogens (tertiary/aromatic N) is 1. The number of nitro groups is 1. The average Bonchev–Trinajstić information content (AvgIpc) is 2.02. The topological polar surface area (TPSA) is 69.4 Å². The van der Waals surface area contributed by atoms with Crippen molar-refractivity contribution in [3.8, 4) is 0 Å². The van der Waals surface area contributed by atoms with Crippen LogP contribution >= 0.6 is 11.6 Å². The molecule has 0 aromatic rings. The maximum absolute atomic E-state index is 10.8. The highest BCUT2D eigenvalue weighted by Gasteiger charge is 2.32. The van der Waals surface area contributed by atoms with Gasteiger partial charge in [-0.15, -0.1) is 11.6 Å². The number of carbonyl (C=O) groups excluding carboxylic acids is 1. The van der Waals surface area contributed by atoms with Crippen LogP contribution in [0, 0.1) is 10.1 Å². The second-order valence-corrected chi connectivity index (χ2v) is 2.65. The number of rotatable bonds is 4. The molecule has 2 atom stereocenters. The van der Waals surface area contributed by atoms with Gasteiger partial charge in [0.1, 0.15) is 0 Å². The van der Waals surface area contributed by atoms with E-state index in [9.17, 15) is 14.9 Å². The van der Waals surface area contributed by atoms with Gasteiger partial charge < -0.3 is 4.74 Å². The van der Waals surface area contributed by atoms with Gasteiger partial charge in [-0.1, -0.05) is 0 Å². The third-order valence-electron chi connectivity index (χ3n) is 1.27. The van der Waals surface area contributed by atoms with E-state index in [4.69, 9.17) is 11.6 Å². The predicted octanol–water partition coefficient (Wildman–Crippen LogP) is 0.822. The molecular formula is C6H10ClNO4. The number of halogens is 1. The fourth-order valence-electron chi connectivity index (χ4n) is 0.526. The first kappa shape index (κ1) is 11.2. The molecule has 0 N–H and O–H groups in total. The zero-order valence-corrected chi connectivity index (χ0v) is 7.58. The Morgan fingerprint density at radius 2 is 2.25 bits per heavy atom. The summed E-state index contributed by atoms with van der Waals surface area (Å²) in [5.41, 5.74) is 0. The Morgan fingerprint density at radius 1 is 1.75 bits per heavy atom. The molecule has 2 unspecified atom stereocenters. The Morgan fingerprint density at radius 3 is 2.58 bits per heavy atom. The largest absolute Gasteiger partial charge is 0.465 e. The standard InChI is InChI=1S/C6H10ClNO4/c1-3-12-6(9)5(7)4(2)8(10)11/h4-5H,3H2,1-2H3. The van der Waals surface area contributed by atoms with Crippen LogP contribution in [0.1, 0.15) is 13.8 Å². The lowest BCUT2D eigenvalue weighted by atomic mass is 10.2. The summed E-state index contributed by atoms with van der Waals surface area (Å²) in [5, 5.41) is 8.95. The summed E-state index contributed by atoms with van der Waals surface area (Å²) in [4.78, 5) is 20.4. The van der Waals surface area contributed by atoms with E-state index in [2.05, 4.69) is 4.74 Å². The Hall–Kier alpha value is -0.840. The van der Waals surface area contributed by atoms with Crippen molar-refractivity contribution in [2.24, 2.45) is 0 Å². The molecule has 0 spiro atoms. The average molecular weight is 196 g/mol. The van der Waals surface area contributed by atoms with E-state index < -0.39 is 22.3 Å². The zero-order valence-electron chi connectivity index (χ0n) is 6.82. The quantitative estimate of drug-likeness (QED) is 0.288. The summed E-state index contributed by atoms with van der Waals surface area (Å²) in [7, 11) is 0. The SMILES string of the molecule is CCOC(=O)C(Cl)C(C)[N+](=O)[O-]. The van der Waals surface area contributed by atoms with Gasteiger partial charge in [0.2, 0.25) is 6.04 Å². The van der Waals surface area contributed by atoms with Crippen LogP contribution in [0.2, 0.25) is 0 Å². The van der Waals surface area contributed by atoms with Gasteiger partial charge in [0.25, 0.3) is 0 Å². The summed E-state index contributed by atoms with van der Waals surface area (Å²) < 4.78 is 4.50. The minimum absolute atomic E-state index is 0.173. The lowest BCUT2D eigenvalue weighted by Gasteiger charge is -2.09. The van der Waals surface area contributed by atoms with Crippen LogP contribution < -0.4 is 0 Å². The summed E-state index contributed by atoms with van der Waals surface area (Å²) in [5.74, 6) is -0.747. The molecular weight excluding hydrogens is 186 g/mol. The Kier molecular flexibility index (Phi) is 4.58. The first-order chi connectivity index (χ1) is 5.50. The van der Waals surface area contributed by atoms with Crippen molar-refractivity contribution in [1.82, 2.24) is 0 Å². The predicted molar refractivity (Wildman–Crippen MR) is 42.7 cm³/mol. The van der Waals surface area contributed by atoms with Crippen molar-refractivity contribution < 1.29 is 14.5 Å². The number of carbonyl (C=O) groups is 1. The van der Waals surface area contributed by atoms with Gasteiger partial charge in [0, 0.05) is 11.8 Å². The summed E-state index contributed by atoms with van der Waals surface area (Å²) in [6.07, 6.45) is 0. The monoisotopic (exact) mass is 195 g/mol. The fraction of sp³-hybridized carbons (Fsp3) is 0.833. The van der Waals surface area contributed by atoms with Gasteiger partial charge in [-0.05, 0) is 6.92 Å². The number of hydrogen-bond acceptors (Lipinski definition) is 4. The number of hydrogen-bond donors (Lipinski definition) is 0. The third kappa shape index (κ3) is 3.04. The molecule has 12 heavy (non-hydrogen) atoms. The Balaban J connectivity index is 4.09. The number of alkyl halides is 1. The molecule has 0 rings (SSSR count). The van der Waals surface area contributed by atoms with Crippen LogP contribution in [0.15, 0.2) is 0 Å². The molecule has 0 aliphatic carbocycles. The van der Waals surface area contributed by atoms with E-state index in [1.54, 1.807) is 6.92 Å². The maximum atomic E-state index is 10.8. The smallest absolute Gasteiger partial charge is 0.331 e. The van der Waals surface area contributed by atoms with E-state index in [1.807, 2.05) is 0 Å². The van der Waals surface area contributed by atoms with Crippen molar-refractivity contribution in [1.29, 1.82) is 0 Å². The van der Waals surface area contributed by atoms with Gasteiger partial charge in [0.15, 0.2) is 5.38 Å². The molecule has 0 aliphatic heterocycles. The highest BCUT2D eigenvalue weighted by Crippen LogP contribution is 2.07. The van der Waals surface area contributed by atoms with E-state index in [0.29, 0.717) is 0 Å². The van der Waals surface area contributed by atoms with Crippen molar-refractivity contribution in [3.63, 3.8) is 0 Å².